The van der Waals surface area contributed by atoms with Crippen molar-refractivity contribution in [3.05, 3.63) is 0 Å². The summed E-state index contributed by atoms with van der Waals surface area (Å²) in [4.78, 5) is 11.7. The summed E-state index contributed by atoms with van der Waals surface area (Å²) in [6.45, 7) is 3.25. The van der Waals surface area contributed by atoms with Crippen LogP contribution in [0.4, 0.5) is 0 Å². The summed E-state index contributed by atoms with van der Waals surface area (Å²) in [5.74, 6) is 0.109. The Balaban J connectivity index is 2.14. The van der Waals surface area contributed by atoms with E-state index < -0.39 is 0 Å². The molecule has 0 bridgehead atoms. The standard InChI is InChI=1S/C11H22N2O2/c1-9(12-7-8-15-2)11(14)13-10-5-3-4-6-10/h9-10,12H,3-8H2,1-2H3,(H,13,14). The number of carbonyl (C=O) groups excluding carboxylic acids is 1. The van der Waals surface area contributed by atoms with Crippen molar-refractivity contribution in [3.8, 4) is 0 Å². The van der Waals surface area contributed by atoms with Crippen LogP contribution in [0.25, 0.3) is 0 Å². The lowest BCUT2D eigenvalue weighted by Gasteiger charge is -2.17. The van der Waals surface area contributed by atoms with Crippen LogP contribution in [0.2, 0.25) is 0 Å². The zero-order valence-electron chi connectivity index (χ0n) is 9.71. The van der Waals surface area contributed by atoms with E-state index in [1.807, 2.05) is 6.92 Å². The third-order valence-corrected chi connectivity index (χ3v) is 2.85. The summed E-state index contributed by atoms with van der Waals surface area (Å²) in [6.07, 6.45) is 4.76. The van der Waals surface area contributed by atoms with Crippen LogP contribution >= 0.6 is 0 Å². The number of amides is 1. The van der Waals surface area contributed by atoms with E-state index in [2.05, 4.69) is 10.6 Å². The van der Waals surface area contributed by atoms with E-state index in [4.69, 9.17) is 4.74 Å². The van der Waals surface area contributed by atoms with Crippen LogP contribution in [0.3, 0.4) is 0 Å². The van der Waals surface area contributed by atoms with E-state index in [0.717, 1.165) is 19.4 Å². The Morgan fingerprint density at radius 1 is 1.47 bits per heavy atom. The van der Waals surface area contributed by atoms with Crippen molar-refractivity contribution in [2.75, 3.05) is 20.3 Å². The minimum absolute atomic E-state index is 0.109. The predicted octanol–water partition coefficient (Wildman–Crippen LogP) is 0.670. The summed E-state index contributed by atoms with van der Waals surface area (Å²) in [6, 6.07) is 0.282. The molecule has 0 radical (unpaired) electrons. The van der Waals surface area contributed by atoms with Crippen LogP contribution in [0.5, 0.6) is 0 Å². The molecule has 0 spiro atoms. The quantitative estimate of drug-likeness (QED) is 0.639. The Hall–Kier alpha value is -0.610. The highest BCUT2D eigenvalue weighted by molar-refractivity contribution is 5.81. The fraction of sp³-hybridized carbons (Fsp3) is 0.909. The molecule has 1 aliphatic carbocycles. The summed E-state index contributed by atoms with van der Waals surface area (Å²) >= 11 is 0. The molecule has 88 valence electrons. The lowest BCUT2D eigenvalue weighted by Crippen LogP contribution is -2.46. The molecule has 1 saturated carbocycles. The fourth-order valence-corrected chi connectivity index (χ4v) is 1.87. The monoisotopic (exact) mass is 214 g/mol. The van der Waals surface area contributed by atoms with Gasteiger partial charge in [0.05, 0.1) is 12.6 Å². The Bertz CT molecular complexity index is 191. The molecule has 1 fully saturated rings. The summed E-state index contributed by atoms with van der Waals surface area (Å²) in [5.41, 5.74) is 0. The molecule has 1 aliphatic rings. The zero-order chi connectivity index (χ0) is 11.1. The van der Waals surface area contributed by atoms with Gasteiger partial charge in [0.15, 0.2) is 0 Å². The van der Waals surface area contributed by atoms with Crippen LogP contribution in [0.15, 0.2) is 0 Å². The van der Waals surface area contributed by atoms with Gasteiger partial charge < -0.3 is 15.4 Å². The maximum atomic E-state index is 11.7. The number of ether oxygens (including phenoxy) is 1. The van der Waals surface area contributed by atoms with Gasteiger partial charge in [0, 0.05) is 19.7 Å². The first-order valence-electron chi connectivity index (χ1n) is 5.76. The molecule has 0 aromatic rings. The summed E-state index contributed by atoms with van der Waals surface area (Å²) < 4.78 is 4.91. The van der Waals surface area contributed by atoms with Gasteiger partial charge in [-0.1, -0.05) is 12.8 Å². The molecule has 1 rings (SSSR count). The van der Waals surface area contributed by atoms with Crippen LogP contribution in [0.1, 0.15) is 32.6 Å². The number of carbonyl (C=O) groups is 1. The molecule has 15 heavy (non-hydrogen) atoms. The Morgan fingerprint density at radius 2 is 2.13 bits per heavy atom. The number of rotatable bonds is 6. The fourth-order valence-electron chi connectivity index (χ4n) is 1.87. The molecule has 0 aromatic heterocycles. The number of hydrogen-bond acceptors (Lipinski definition) is 3. The third kappa shape index (κ3) is 4.62. The largest absolute Gasteiger partial charge is 0.383 e. The van der Waals surface area contributed by atoms with Crippen LogP contribution < -0.4 is 10.6 Å². The molecule has 1 atom stereocenters. The molecule has 0 aromatic carbocycles. The Morgan fingerprint density at radius 3 is 2.73 bits per heavy atom. The van der Waals surface area contributed by atoms with E-state index in [9.17, 15) is 4.79 Å². The molecule has 2 N–H and O–H groups in total. The Kier molecular flexibility index (Phi) is 5.65. The van der Waals surface area contributed by atoms with Crippen molar-refractivity contribution in [1.29, 1.82) is 0 Å². The van der Waals surface area contributed by atoms with E-state index in [0.29, 0.717) is 12.6 Å². The van der Waals surface area contributed by atoms with Crippen molar-refractivity contribution in [2.24, 2.45) is 0 Å². The molecule has 4 nitrogen and oxygen atoms in total. The maximum Gasteiger partial charge on any atom is 0.237 e. The smallest absolute Gasteiger partial charge is 0.237 e. The van der Waals surface area contributed by atoms with Gasteiger partial charge in [0.25, 0.3) is 0 Å². The predicted molar refractivity (Wildman–Crippen MR) is 59.7 cm³/mol. The first-order valence-corrected chi connectivity index (χ1v) is 5.76. The highest BCUT2D eigenvalue weighted by Gasteiger charge is 2.19. The lowest BCUT2D eigenvalue weighted by atomic mass is 10.2. The molecule has 0 aliphatic heterocycles. The second-order valence-corrected chi connectivity index (χ2v) is 4.16. The minimum Gasteiger partial charge on any atom is -0.383 e. The summed E-state index contributed by atoms with van der Waals surface area (Å²) in [7, 11) is 1.66. The summed E-state index contributed by atoms with van der Waals surface area (Å²) in [5, 5.41) is 6.18. The zero-order valence-corrected chi connectivity index (χ0v) is 9.71. The van der Waals surface area contributed by atoms with Crippen LogP contribution in [0, 0.1) is 0 Å². The first-order chi connectivity index (χ1) is 7.24. The first kappa shape index (κ1) is 12.5. The SMILES string of the molecule is COCCNC(C)C(=O)NC1CCCC1. The van der Waals surface area contributed by atoms with Crippen molar-refractivity contribution < 1.29 is 9.53 Å². The normalized spacial score (nSPS) is 19.1. The van der Waals surface area contributed by atoms with E-state index in [1.54, 1.807) is 7.11 Å². The van der Waals surface area contributed by atoms with Crippen molar-refractivity contribution in [3.63, 3.8) is 0 Å². The average molecular weight is 214 g/mol. The van der Waals surface area contributed by atoms with E-state index >= 15 is 0 Å². The highest BCUT2D eigenvalue weighted by Crippen LogP contribution is 2.17. The Labute approximate surface area is 91.8 Å². The van der Waals surface area contributed by atoms with Crippen molar-refractivity contribution >= 4 is 5.91 Å². The topological polar surface area (TPSA) is 50.4 Å². The second kappa shape index (κ2) is 6.80. The molecule has 4 heteroatoms. The van der Waals surface area contributed by atoms with Gasteiger partial charge in [-0.05, 0) is 19.8 Å². The average Bonchev–Trinajstić information content (AvgIpc) is 2.70. The van der Waals surface area contributed by atoms with Gasteiger partial charge in [0.1, 0.15) is 0 Å². The molecular weight excluding hydrogens is 192 g/mol. The van der Waals surface area contributed by atoms with Gasteiger partial charge in [-0.3, -0.25) is 4.79 Å². The van der Waals surface area contributed by atoms with Crippen molar-refractivity contribution in [1.82, 2.24) is 10.6 Å². The van der Waals surface area contributed by atoms with Gasteiger partial charge in [-0.25, -0.2) is 0 Å². The maximum absolute atomic E-state index is 11.7. The van der Waals surface area contributed by atoms with E-state index in [1.165, 1.54) is 12.8 Å². The van der Waals surface area contributed by atoms with Crippen molar-refractivity contribution in [2.45, 2.75) is 44.7 Å². The number of nitrogens with one attached hydrogen (secondary N) is 2. The van der Waals surface area contributed by atoms with E-state index in [-0.39, 0.29) is 11.9 Å². The lowest BCUT2D eigenvalue weighted by molar-refractivity contribution is -0.123. The molecular formula is C11H22N2O2. The number of methoxy groups -OCH3 is 1. The minimum atomic E-state index is -0.124. The molecule has 1 unspecified atom stereocenters. The van der Waals surface area contributed by atoms with Gasteiger partial charge in [0.2, 0.25) is 5.91 Å². The number of hydrogen-bond donors (Lipinski definition) is 2. The molecule has 1 amide bonds. The van der Waals surface area contributed by atoms with Crippen LogP contribution in [-0.4, -0.2) is 38.3 Å². The second-order valence-electron chi connectivity index (χ2n) is 4.16. The van der Waals surface area contributed by atoms with Gasteiger partial charge in [-0.15, -0.1) is 0 Å². The van der Waals surface area contributed by atoms with Gasteiger partial charge in [-0.2, -0.15) is 0 Å². The highest BCUT2D eigenvalue weighted by atomic mass is 16.5. The molecule has 0 heterocycles. The molecule has 0 saturated heterocycles. The third-order valence-electron chi connectivity index (χ3n) is 2.85. The van der Waals surface area contributed by atoms with Gasteiger partial charge >= 0.3 is 0 Å². The van der Waals surface area contributed by atoms with Crippen LogP contribution in [-0.2, 0) is 9.53 Å².